The van der Waals surface area contributed by atoms with Crippen LogP contribution in [-0.4, -0.2) is 39.3 Å². The molecule has 122 valence electrons. The van der Waals surface area contributed by atoms with Crippen LogP contribution < -0.4 is 15.2 Å². The second kappa shape index (κ2) is 8.47. The van der Waals surface area contributed by atoms with Gasteiger partial charge in [0.25, 0.3) is 0 Å². The van der Waals surface area contributed by atoms with E-state index in [9.17, 15) is 0 Å². The van der Waals surface area contributed by atoms with E-state index in [-0.39, 0.29) is 17.8 Å². The lowest BCUT2D eigenvalue weighted by molar-refractivity contribution is 0.209. The molecule has 0 amide bonds. The van der Waals surface area contributed by atoms with Gasteiger partial charge in [-0.1, -0.05) is 13.8 Å². The second-order valence-electron chi connectivity index (χ2n) is 6.17. The van der Waals surface area contributed by atoms with Gasteiger partial charge in [0, 0.05) is 13.1 Å². The summed E-state index contributed by atoms with van der Waals surface area (Å²) in [5, 5.41) is 0. The maximum absolute atomic E-state index is 5.80. The number of halogens is 1. The third-order valence-corrected chi connectivity index (χ3v) is 3.53. The molecule has 0 aliphatic heterocycles. The van der Waals surface area contributed by atoms with Crippen molar-refractivity contribution in [2.75, 3.05) is 34.4 Å². The highest BCUT2D eigenvalue weighted by Crippen LogP contribution is 2.31. The van der Waals surface area contributed by atoms with E-state index in [4.69, 9.17) is 15.2 Å². The quantitative estimate of drug-likeness (QED) is 0.840. The molecule has 0 atom stereocenters. The molecule has 0 aliphatic rings. The first-order valence-corrected chi connectivity index (χ1v) is 6.93. The van der Waals surface area contributed by atoms with Gasteiger partial charge in [0.05, 0.1) is 14.2 Å². The molecule has 0 aliphatic carbocycles. The van der Waals surface area contributed by atoms with Gasteiger partial charge in [0.15, 0.2) is 11.5 Å². The monoisotopic (exact) mass is 316 g/mol. The van der Waals surface area contributed by atoms with Gasteiger partial charge in [0.1, 0.15) is 0 Å². The van der Waals surface area contributed by atoms with Crippen molar-refractivity contribution in [2.45, 2.75) is 27.3 Å². The molecular weight excluding hydrogens is 288 g/mol. The van der Waals surface area contributed by atoms with Gasteiger partial charge in [-0.15, -0.1) is 12.4 Å². The number of nitrogens with two attached hydrogens (primary N) is 1. The number of hydrogen-bond acceptors (Lipinski definition) is 4. The number of aryl methyl sites for hydroxylation is 1. The van der Waals surface area contributed by atoms with Crippen molar-refractivity contribution < 1.29 is 9.47 Å². The smallest absolute Gasteiger partial charge is 0.161 e. The molecule has 0 spiro atoms. The first-order chi connectivity index (χ1) is 9.32. The van der Waals surface area contributed by atoms with Crippen molar-refractivity contribution in [3.05, 3.63) is 23.3 Å². The van der Waals surface area contributed by atoms with E-state index in [1.54, 1.807) is 14.2 Å². The largest absolute Gasteiger partial charge is 0.493 e. The van der Waals surface area contributed by atoms with Crippen molar-refractivity contribution >= 4 is 12.4 Å². The highest BCUT2D eigenvalue weighted by molar-refractivity contribution is 5.85. The summed E-state index contributed by atoms with van der Waals surface area (Å²) >= 11 is 0. The van der Waals surface area contributed by atoms with Crippen LogP contribution in [0.3, 0.4) is 0 Å². The lowest BCUT2D eigenvalue weighted by Gasteiger charge is -2.29. The third kappa shape index (κ3) is 5.73. The zero-order valence-corrected chi connectivity index (χ0v) is 14.8. The third-order valence-electron chi connectivity index (χ3n) is 3.53. The van der Waals surface area contributed by atoms with Crippen molar-refractivity contribution in [2.24, 2.45) is 11.1 Å². The maximum atomic E-state index is 5.80. The number of nitrogens with zero attached hydrogens (tertiary/aromatic N) is 1. The minimum Gasteiger partial charge on any atom is -0.493 e. The van der Waals surface area contributed by atoms with Crippen LogP contribution in [0.25, 0.3) is 0 Å². The van der Waals surface area contributed by atoms with E-state index in [0.29, 0.717) is 6.54 Å². The van der Waals surface area contributed by atoms with Crippen LogP contribution in [0.2, 0.25) is 0 Å². The summed E-state index contributed by atoms with van der Waals surface area (Å²) in [4.78, 5) is 2.29. The summed E-state index contributed by atoms with van der Waals surface area (Å²) in [6.07, 6.45) is 0. The average molecular weight is 317 g/mol. The highest BCUT2D eigenvalue weighted by Gasteiger charge is 2.19. The predicted octanol–water partition coefficient (Wildman–Crippen LogP) is 2.85. The summed E-state index contributed by atoms with van der Waals surface area (Å²) < 4.78 is 10.7. The number of benzene rings is 1. The zero-order valence-electron chi connectivity index (χ0n) is 14.0. The van der Waals surface area contributed by atoms with E-state index >= 15 is 0 Å². The molecule has 2 N–H and O–H groups in total. The van der Waals surface area contributed by atoms with Crippen molar-refractivity contribution in [3.63, 3.8) is 0 Å². The normalized spacial score (nSPS) is 11.2. The van der Waals surface area contributed by atoms with Gasteiger partial charge in [-0.25, -0.2) is 0 Å². The standard InChI is InChI=1S/C16H28N2O2.ClH/c1-12-7-14(19-5)15(20-6)8-13(12)9-18(4)11-16(2,3)10-17;/h7-8H,9-11,17H2,1-6H3;1H. The van der Waals surface area contributed by atoms with Gasteiger partial charge in [-0.05, 0) is 49.2 Å². The van der Waals surface area contributed by atoms with E-state index in [0.717, 1.165) is 24.6 Å². The Hall–Kier alpha value is -0.970. The Labute approximate surface area is 135 Å². The SMILES string of the molecule is COc1cc(C)c(CN(C)CC(C)(C)CN)cc1OC.Cl. The molecule has 1 aromatic carbocycles. The number of hydrogen-bond donors (Lipinski definition) is 1. The van der Waals surface area contributed by atoms with Crippen LogP contribution in [0.5, 0.6) is 11.5 Å². The molecular formula is C16H29ClN2O2. The van der Waals surface area contributed by atoms with E-state index in [1.807, 2.05) is 6.07 Å². The Morgan fingerprint density at radius 3 is 2.14 bits per heavy atom. The summed E-state index contributed by atoms with van der Waals surface area (Å²) in [7, 11) is 5.44. The molecule has 0 saturated carbocycles. The molecule has 0 unspecified atom stereocenters. The van der Waals surface area contributed by atoms with Crippen molar-refractivity contribution in [1.82, 2.24) is 4.90 Å². The van der Waals surface area contributed by atoms with E-state index < -0.39 is 0 Å². The number of methoxy groups -OCH3 is 2. The van der Waals surface area contributed by atoms with Crippen LogP contribution in [0, 0.1) is 12.3 Å². The van der Waals surface area contributed by atoms with Crippen LogP contribution >= 0.6 is 12.4 Å². The lowest BCUT2D eigenvalue weighted by Crippen LogP contribution is -2.36. The van der Waals surface area contributed by atoms with E-state index in [2.05, 4.69) is 38.8 Å². The summed E-state index contributed by atoms with van der Waals surface area (Å²) in [5.74, 6) is 1.55. The predicted molar refractivity (Wildman–Crippen MR) is 90.7 cm³/mol. The number of rotatable bonds is 7. The molecule has 0 fully saturated rings. The first kappa shape index (κ1) is 20.0. The van der Waals surface area contributed by atoms with Crippen LogP contribution in [0.1, 0.15) is 25.0 Å². The molecule has 5 heteroatoms. The molecule has 0 radical (unpaired) electrons. The van der Waals surface area contributed by atoms with E-state index in [1.165, 1.54) is 11.1 Å². The average Bonchev–Trinajstić information content (AvgIpc) is 2.39. The van der Waals surface area contributed by atoms with Crippen LogP contribution in [0.15, 0.2) is 12.1 Å². The fourth-order valence-electron chi connectivity index (χ4n) is 2.33. The van der Waals surface area contributed by atoms with Gasteiger partial charge < -0.3 is 20.1 Å². The minimum atomic E-state index is 0. The highest BCUT2D eigenvalue weighted by atomic mass is 35.5. The van der Waals surface area contributed by atoms with Crippen molar-refractivity contribution in [1.29, 1.82) is 0 Å². The van der Waals surface area contributed by atoms with Gasteiger partial charge in [-0.3, -0.25) is 0 Å². The van der Waals surface area contributed by atoms with Crippen LogP contribution in [-0.2, 0) is 6.54 Å². The Morgan fingerprint density at radius 2 is 1.67 bits per heavy atom. The Bertz CT molecular complexity index is 450. The molecule has 4 nitrogen and oxygen atoms in total. The van der Waals surface area contributed by atoms with Gasteiger partial charge >= 0.3 is 0 Å². The molecule has 1 aromatic rings. The molecule has 0 saturated heterocycles. The second-order valence-corrected chi connectivity index (χ2v) is 6.17. The zero-order chi connectivity index (χ0) is 15.3. The Balaban J connectivity index is 0.00000400. The topological polar surface area (TPSA) is 47.7 Å². The van der Waals surface area contributed by atoms with Crippen LogP contribution in [0.4, 0.5) is 0 Å². The summed E-state index contributed by atoms with van der Waals surface area (Å²) in [5.41, 5.74) is 8.38. The molecule has 21 heavy (non-hydrogen) atoms. The molecule has 1 rings (SSSR count). The fourth-order valence-corrected chi connectivity index (χ4v) is 2.33. The summed E-state index contributed by atoms with van der Waals surface area (Å²) in [6, 6.07) is 4.08. The molecule has 0 bridgehead atoms. The fraction of sp³-hybridized carbons (Fsp3) is 0.625. The molecule has 0 aromatic heterocycles. The Kier molecular flexibility index (Phi) is 8.08. The lowest BCUT2D eigenvalue weighted by atomic mass is 9.93. The minimum absolute atomic E-state index is 0. The summed E-state index contributed by atoms with van der Waals surface area (Å²) in [6.45, 7) is 8.98. The first-order valence-electron chi connectivity index (χ1n) is 6.93. The molecule has 0 heterocycles. The van der Waals surface area contributed by atoms with Crippen molar-refractivity contribution in [3.8, 4) is 11.5 Å². The van der Waals surface area contributed by atoms with Gasteiger partial charge in [-0.2, -0.15) is 0 Å². The number of ether oxygens (including phenoxy) is 2. The van der Waals surface area contributed by atoms with Gasteiger partial charge in [0.2, 0.25) is 0 Å². The maximum Gasteiger partial charge on any atom is 0.161 e. The Morgan fingerprint density at radius 1 is 1.14 bits per heavy atom.